The molecule has 0 spiro atoms. The van der Waals surface area contributed by atoms with Crippen molar-refractivity contribution in [2.75, 3.05) is 0 Å². The Bertz CT molecular complexity index is 684. The van der Waals surface area contributed by atoms with Crippen molar-refractivity contribution in [2.45, 2.75) is 46.0 Å². The van der Waals surface area contributed by atoms with E-state index in [-0.39, 0.29) is 11.4 Å². The van der Waals surface area contributed by atoms with E-state index in [0.29, 0.717) is 17.8 Å². The van der Waals surface area contributed by atoms with Gasteiger partial charge in [0.1, 0.15) is 17.3 Å². The van der Waals surface area contributed by atoms with E-state index in [4.69, 9.17) is 0 Å². The zero-order valence-corrected chi connectivity index (χ0v) is 13.5. The van der Waals surface area contributed by atoms with Crippen molar-refractivity contribution in [1.29, 1.82) is 0 Å². The number of aromatic nitrogens is 2. The van der Waals surface area contributed by atoms with Gasteiger partial charge >= 0.3 is 0 Å². The average molecular weight is 317 g/mol. The summed E-state index contributed by atoms with van der Waals surface area (Å²) in [5.41, 5.74) is 0.759. The normalized spacial score (nSPS) is 11.3. The van der Waals surface area contributed by atoms with Crippen LogP contribution in [0.3, 0.4) is 0 Å². The van der Waals surface area contributed by atoms with Gasteiger partial charge in [0.05, 0.1) is 11.9 Å². The van der Waals surface area contributed by atoms with E-state index >= 15 is 0 Å². The van der Waals surface area contributed by atoms with Gasteiger partial charge < -0.3 is 0 Å². The topological polar surface area (TPSA) is 38.1 Å². The van der Waals surface area contributed by atoms with E-state index < -0.39 is 11.6 Å². The number of benzene rings is 1. The second-order valence-corrected chi connectivity index (χ2v) is 5.35. The van der Waals surface area contributed by atoms with Crippen molar-refractivity contribution >= 4 is 11.9 Å². The Morgan fingerprint density at radius 2 is 1.96 bits per heavy atom. The maximum atomic E-state index is 14.0. The molecular formula is C18H21F2N3. The molecule has 2 rings (SSSR count). The molecule has 0 aliphatic carbocycles. The van der Waals surface area contributed by atoms with Crippen LogP contribution in [-0.2, 0) is 6.42 Å². The van der Waals surface area contributed by atoms with Gasteiger partial charge in [-0.2, -0.15) is 0 Å². The van der Waals surface area contributed by atoms with Crippen molar-refractivity contribution in [2.24, 2.45) is 4.99 Å². The Morgan fingerprint density at radius 3 is 2.65 bits per heavy atom. The number of halogens is 2. The third-order valence-electron chi connectivity index (χ3n) is 3.54. The lowest BCUT2D eigenvalue weighted by Gasteiger charge is -2.07. The quantitative estimate of drug-likeness (QED) is 0.515. The molecule has 5 heteroatoms. The van der Waals surface area contributed by atoms with Gasteiger partial charge in [-0.25, -0.2) is 18.7 Å². The summed E-state index contributed by atoms with van der Waals surface area (Å²) in [6, 6.07) is 4.40. The number of aliphatic imine (C=N–C) groups is 1. The van der Waals surface area contributed by atoms with Crippen LogP contribution in [0.2, 0.25) is 0 Å². The molecule has 23 heavy (non-hydrogen) atoms. The van der Waals surface area contributed by atoms with Crippen LogP contribution < -0.4 is 0 Å². The van der Waals surface area contributed by atoms with Crippen LogP contribution in [0.1, 0.15) is 45.4 Å². The first kappa shape index (κ1) is 17.2. The lowest BCUT2D eigenvalue weighted by molar-refractivity contribution is 0.604. The minimum Gasteiger partial charge on any atom is -0.258 e. The molecule has 0 aliphatic heterocycles. The van der Waals surface area contributed by atoms with E-state index in [9.17, 15) is 8.78 Å². The minimum absolute atomic E-state index is 0.136. The maximum Gasteiger partial charge on any atom is 0.167 e. The summed E-state index contributed by atoms with van der Waals surface area (Å²) >= 11 is 0. The molecule has 1 aromatic carbocycles. The fraction of sp³-hybridized carbons (Fsp3) is 0.389. The number of hydrogen-bond acceptors (Lipinski definition) is 3. The summed E-state index contributed by atoms with van der Waals surface area (Å²) in [5, 5.41) is 0. The summed E-state index contributed by atoms with van der Waals surface area (Å²) in [6.07, 6.45) is 7.77. The number of hydrogen-bond donors (Lipinski definition) is 0. The van der Waals surface area contributed by atoms with Crippen molar-refractivity contribution in [1.82, 2.24) is 9.97 Å². The molecule has 0 amide bonds. The summed E-state index contributed by atoms with van der Waals surface area (Å²) < 4.78 is 28.0. The van der Waals surface area contributed by atoms with Crippen LogP contribution in [0, 0.1) is 11.6 Å². The number of aryl methyl sites for hydroxylation is 1. The monoisotopic (exact) mass is 317 g/mol. The molecule has 0 aliphatic rings. The number of unbranched alkanes of at least 4 members (excludes halogenated alkanes) is 3. The fourth-order valence-electron chi connectivity index (χ4n) is 2.33. The van der Waals surface area contributed by atoms with E-state index in [0.717, 1.165) is 25.5 Å². The van der Waals surface area contributed by atoms with Crippen molar-refractivity contribution < 1.29 is 8.78 Å². The van der Waals surface area contributed by atoms with Crippen LogP contribution in [0.25, 0.3) is 11.3 Å². The van der Waals surface area contributed by atoms with E-state index in [1.54, 1.807) is 13.0 Å². The Hall–Kier alpha value is -2.17. The van der Waals surface area contributed by atoms with Crippen LogP contribution >= 0.6 is 0 Å². The van der Waals surface area contributed by atoms with Crippen LogP contribution in [0.15, 0.2) is 29.4 Å². The summed E-state index contributed by atoms with van der Waals surface area (Å²) in [7, 11) is 0. The molecule has 0 fully saturated rings. The van der Waals surface area contributed by atoms with Gasteiger partial charge in [-0.1, -0.05) is 32.3 Å². The summed E-state index contributed by atoms with van der Waals surface area (Å²) in [4.78, 5) is 12.2. The molecule has 2 aromatic rings. The maximum absolute atomic E-state index is 14.0. The van der Waals surface area contributed by atoms with Crippen LogP contribution in [0.5, 0.6) is 0 Å². The zero-order chi connectivity index (χ0) is 16.7. The van der Waals surface area contributed by atoms with E-state index in [1.165, 1.54) is 24.8 Å². The molecule has 0 unspecified atom stereocenters. The average Bonchev–Trinajstić information content (AvgIpc) is 2.55. The van der Waals surface area contributed by atoms with E-state index in [2.05, 4.69) is 21.9 Å². The first-order valence-corrected chi connectivity index (χ1v) is 7.95. The Morgan fingerprint density at radius 1 is 1.13 bits per heavy atom. The van der Waals surface area contributed by atoms with Crippen molar-refractivity contribution in [3.05, 3.63) is 41.9 Å². The highest BCUT2D eigenvalue weighted by molar-refractivity contribution is 5.66. The fourth-order valence-corrected chi connectivity index (χ4v) is 2.33. The lowest BCUT2D eigenvalue weighted by Crippen LogP contribution is -2.00. The highest BCUT2D eigenvalue weighted by Crippen LogP contribution is 2.26. The van der Waals surface area contributed by atoms with Gasteiger partial charge in [0.2, 0.25) is 0 Å². The Balaban J connectivity index is 2.23. The SMILES string of the molecule is CC=Nc1ccc(-c2nc(CCCCCC)ncc2F)cc1F. The molecule has 122 valence electrons. The molecular weight excluding hydrogens is 296 g/mol. The van der Waals surface area contributed by atoms with Gasteiger partial charge in [0, 0.05) is 18.2 Å². The van der Waals surface area contributed by atoms with Gasteiger partial charge in [0.15, 0.2) is 5.82 Å². The highest BCUT2D eigenvalue weighted by atomic mass is 19.1. The molecule has 0 saturated heterocycles. The van der Waals surface area contributed by atoms with Gasteiger partial charge in [-0.15, -0.1) is 0 Å². The first-order valence-electron chi connectivity index (χ1n) is 7.95. The van der Waals surface area contributed by atoms with Gasteiger partial charge in [-0.3, -0.25) is 4.99 Å². The number of nitrogens with zero attached hydrogens (tertiary/aromatic N) is 3. The first-order chi connectivity index (χ1) is 11.2. The predicted molar refractivity (Wildman–Crippen MR) is 89.1 cm³/mol. The van der Waals surface area contributed by atoms with Crippen molar-refractivity contribution in [3.8, 4) is 11.3 Å². The Kier molecular flexibility index (Phi) is 6.32. The molecule has 0 bridgehead atoms. The molecule has 0 N–H and O–H groups in total. The Labute approximate surface area is 135 Å². The second-order valence-electron chi connectivity index (χ2n) is 5.35. The molecule has 3 nitrogen and oxygen atoms in total. The number of rotatable bonds is 7. The minimum atomic E-state index is -0.548. The zero-order valence-electron chi connectivity index (χ0n) is 13.5. The largest absolute Gasteiger partial charge is 0.258 e. The van der Waals surface area contributed by atoms with Gasteiger partial charge in [0.25, 0.3) is 0 Å². The molecule has 0 radical (unpaired) electrons. The molecule has 1 aromatic heterocycles. The van der Waals surface area contributed by atoms with E-state index in [1.807, 2.05) is 0 Å². The highest BCUT2D eigenvalue weighted by Gasteiger charge is 2.12. The third-order valence-corrected chi connectivity index (χ3v) is 3.54. The van der Waals surface area contributed by atoms with Crippen LogP contribution in [-0.4, -0.2) is 16.2 Å². The second kappa shape index (κ2) is 8.46. The van der Waals surface area contributed by atoms with Crippen molar-refractivity contribution in [3.63, 3.8) is 0 Å². The predicted octanol–water partition coefficient (Wildman–Crippen LogP) is 5.27. The molecule has 1 heterocycles. The van der Waals surface area contributed by atoms with Gasteiger partial charge in [-0.05, 0) is 25.5 Å². The summed E-state index contributed by atoms with van der Waals surface area (Å²) in [6.45, 7) is 3.86. The molecule has 0 saturated carbocycles. The smallest absolute Gasteiger partial charge is 0.167 e. The molecule has 0 atom stereocenters. The third kappa shape index (κ3) is 4.65. The lowest BCUT2D eigenvalue weighted by atomic mass is 10.1. The van der Waals surface area contributed by atoms with Crippen LogP contribution in [0.4, 0.5) is 14.5 Å². The summed E-state index contributed by atoms with van der Waals surface area (Å²) in [5.74, 6) is -0.454. The standard InChI is InChI=1S/C18H21F2N3/c1-3-5-6-7-8-17-22-12-15(20)18(23-17)13-9-10-16(21-4-2)14(19)11-13/h4,9-12H,3,5-8H2,1-2H3.